The highest BCUT2D eigenvalue weighted by Crippen LogP contribution is 2.20. The second kappa shape index (κ2) is 11.8. The Morgan fingerprint density at radius 3 is 2.38 bits per heavy atom. The quantitative estimate of drug-likeness (QED) is 0.360. The SMILES string of the molecule is CCCN(CCC)S(=O)(=O)c1ccc(C(=O)N=c2sc3cc(F)ccc3n2CCOCC)cc1. The molecule has 0 radical (unpaired) electrons. The Kier molecular flexibility index (Phi) is 9.12. The van der Waals surface area contributed by atoms with E-state index in [1.54, 1.807) is 6.07 Å². The number of hydrogen-bond donors (Lipinski definition) is 0. The highest BCUT2D eigenvalue weighted by atomic mass is 32.2. The van der Waals surface area contributed by atoms with Crippen LogP contribution in [0.25, 0.3) is 10.2 Å². The van der Waals surface area contributed by atoms with Crippen molar-refractivity contribution < 1.29 is 22.3 Å². The number of thiazole rings is 1. The molecule has 184 valence electrons. The van der Waals surface area contributed by atoms with E-state index in [2.05, 4.69) is 4.99 Å². The van der Waals surface area contributed by atoms with Crippen LogP contribution in [0, 0.1) is 5.82 Å². The number of carbonyl (C=O) groups excluding carboxylic acids is 1. The van der Waals surface area contributed by atoms with Crippen LogP contribution < -0.4 is 4.80 Å². The van der Waals surface area contributed by atoms with E-state index in [-0.39, 0.29) is 16.3 Å². The van der Waals surface area contributed by atoms with Gasteiger partial charge in [0.1, 0.15) is 5.82 Å². The molecule has 0 spiro atoms. The summed E-state index contributed by atoms with van der Waals surface area (Å²) in [4.78, 5) is 17.7. The first kappa shape index (κ1) is 26.2. The number of sulfonamides is 1. The lowest BCUT2D eigenvalue weighted by molar-refractivity contribution is 0.0996. The standard InChI is InChI=1S/C24H30FN3O4S2/c1-4-13-27(14-5-2)34(30,31)20-10-7-18(8-11-20)23(29)26-24-28(15-16-32-6-3)21-12-9-19(25)17-22(21)33-24/h7-12,17H,4-6,13-16H2,1-3H3. The van der Waals surface area contributed by atoms with Gasteiger partial charge in [-0.15, -0.1) is 0 Å². The molecular weight excluding hydrogens is 477 g/mol. The molecule has 0 atom stereocenters. The van der Waals surface area contributed by atoms with Crippen LogP contribution >= 0.6 is 11.3 Å². The van der Waals surface area contributed by atoms with E-state index in [0.717, 1.165) is 18.4 Å². The molecule has 0 aliphatic rings. The Hall–Kier alpha value is -2.40. The minimum absolute atomic E-state index is 0.148. The maximum Gasteiger partial charge on any atom is 0.279 e. The van der Waals surface area contributed by atoms with Crippen LogP contribution in [0.5, 0.6) is 0 Å². The van der Waals surface area contributed by atoms with Crippen LogP contribution in [0.4, 0.5) is 4.39 Å². The van der Waals surface area contributed by atoms with Gasteiger partial charge in [0, 0.05) is 31.8 Å². The minimum atomic E-state index is -3.63. The smallest absolute Gasteiger partial charge is 0.279 e. The van der Waals surface area contributed by atoms with E-state index in [9.17, 15) is 17.6 Å². The van der Waals surface area contributed by atoms with Gasteiger partial charge in [0.15, 0.2) is 4.80 Å². The van der Waals surface area contributed by atoms with Gasteiger partial charge in [-0.1, -0.05) is 25.2 Å². The highest BCUT2D eigenvalue weighted by Gasteiger charge is 2.23. The third-order valence-corrected chi connectivity index (χ3v) is 8.14. The van der Waals surface area contributed by atoms with Crippen molar-refractivity contribution in [3.63, 3.8) is 0 Å². The average molecular weight is 508 g/mol. The fourth-order valence-corrected chi connectivity index (χ4v) is 6.27. The lowest BCUT2D eigenvalue weighted by atomic mass is 10.2. The average Bonchev–Trinajstić information content (AvgIpc) is 3.15. The number of ether oxygens (including phenoxy) is 1. The zero-order chi connectivity index (χ0) is 24.7. The molecule has 2 aromatic carbocycles. The van der Waals surface area contributed by atoms with Crippen molar-refractivity contribution in [1.29, 1.82) is 0 Å². The number of amides is 1. The van der Waals surface area contributed by atoms with E-state index in [0.29, 0.717) is 42.3 Å². The Balaban J connectivity index is 1.93. The molecule has 0 fully saturated rings. The van der Waals surface area contributed by atoms with E-state index in [4.69, 9.17) is 4.74 Å². The molecular formula is C24H30FN3O4S2. The van der Waals surface area contributed by atoms with Crippen molar-refractivity contribution in [2.45, 2.75) is 45.1 Å². The van der Waals surface area contributed by atoms with E-state index < -0.39 is 15.9 Å². The number of halogens is 1. The maximum absolute atomic E-state index is 13.7. The highest BCUT2D eigenvalue weighted by molar-refractivity contribution is 7.89. The lowest BCUT2D eigenvalue weighted by Gasteiger charge is -2.21. The first-order valence-corrected chi connectivity index (χ1v) is 13.6. The summed E-state index contributed by atoms with van der Waals surface area (Å²) >= 11 is 1.22. The van der Waals surface area contributed by atoms with Crippen LogP contribution in [0.15, 0.2) is 52.4 Å². The number of fused-ring (bicyclic) bond motifs is 1. The third-order valence-electron chi connectivity index (χ3n) is 5.19. The zero-order valence-electron chi connectivity index (χ0n) is 19.7. The van der Waals surface area contributed by atoms with Gasteiger partial charge in [0.05, 0.1) is 21.7 Å². The zero-order valence-corrected chi connectivity index (χ0v) is 21.3. The minimum Gasteiger partial charge on any atom is -0.380 e. The molecule has 0 bridgehead atoms. The monoisotopic (exact) mass is 507 g/mol. The summed E-state index contributed by atoms with van der Waals surface area (Å²) in [7, 11) is -3.63. The first-order chi connectivity index (χ1) is 16.3. The van der Waals surface area contributed by atoms with Crippen LogP contribution in [-0.4, -0.2) is 49.5 Å². The normalized spacial score (nSPS) is 12.7. The number of nitrogens with zero attached hydrogens (tertiary/aromatic N) is 3. The molecule has 3 aromatic rings. The van der Waals surface area contributed by atoms with Gasteiger partial charge in [0.25, 0.3) is 5.91 Å². The van der Waals surface area contributed by atoms with Crippen LogP contribution in [0.1, 0.15) is 44.0 Å². The van der Waals surface area contributed by atoms with Gasteiger partial charge in [-0.2, -0.15) is 9.30 Å². The van der Waals surface area contributed by atoms with E-state index in [1.807, 2.05) is 25.3 Å². The fourth-order valence-electron chi connectivity index (χ4n) is 3.57. The molecule has 1 heterocycles. The second-order valence-electron chi connectivity index (χ2n) is 7.69. The van der Waals surface area contributed by atoms with Gasteiger partial charge in [-0.25, -0.2) is 12.8 Å². The summed E-state index contributed by atoms with van der Waals surface area (Å²) in [5.41, 5.74) is 1.04. The Morgan fingerprint density at radius 1 is 1.09 bits per heavy atom. The lowest BCUT2D eigenvalue weighted by Crippen LogP contribution is -2.32. The molecule has 3 rings (SSSR count). The number of rotatable bonds is 11. The van der Waals surface area contributed by atoms with Crippen molar-refractivity contribution in [3.8, 4) is 0 Å². The molecule has 0 saturated carbocycles. The first-order valence-electron chi connectivity index (χ1n) is 11.4. The van der Waals surface area contributed by atoms with Crippen LogP contribution in [0.2, 0.25) is 0 Å². The largest absolute Gasteiger partial charge is 0.380 e. The molecule has 0 N–H and O–H groups in total. The van der Waals surface area contributed by atoms with E-state index in [1.165, 1.54) is 52.0 Å². The Morgan fingerprint density at radius 2 is 1.76 bits per heavy atom. The van der Waals surface area contributed by atoms with Gasteiger partial charge in [-0.05, 0) is 62.2 Å². The number of aromatic nitrogens is 1. The van der Waals surface area contributed by atoms with Crippen LogP contribution in [-0.2, 0) is 21.3 Å². The molecule has 10 heteroatoms. The maximum atomic E-state index is 13.7. The summed E-state index contributed by atoms with van der Waals surface area (Å²) in [5.74, 6) is -0.860. The third kappa shape index (κ3) is 5.99. The van der Waals surface area contributed by atoms with Gasteiger partial charge < -0.3 is 9.30 Å². The fraction of sp³-hybridized carbons (Fsp3) is 0.417. The summed E-state index contributed by atoms with van der Waals surface area (Å²) in [5, 5.41) is 0. The van der Waals surface area contributed by atoms with Crippen molar-refractivity contribution in [2.75, 3.05) is 26.3 Å². The van der Waals surface area contributed by atoms with Crippen molar-refractivity contribution in [1.82, 2.24) is 8.87 Å². The number of hydrogen-bond acceptors (Lipinski definition) is 5. The Labute approximate surface area is 203 Å². The van der Waals surface area contributed by atoms with Gasteiger partial charge in [0.2, 0.25) is 10.0 Å². The molecule has 0 unspecified atom stereocenters. The molecule has 1 amide bonds. The predicted octanol–water partition coefficient (Wildman–Crippen LogP) is 4.43. The molecule has 0 saturated heterocycles. The van der Waals surface area contributed by atoms with Crippen molar-refractivity contribution in [2.24, 2.45) is 4.99 Å². The van der Waals surface area contributed by atoms with Gasteiger partial charge in [-0.3, -0.25) is 4.79 Å². The summed E-state index contributed by atoms with van der Waals surface area (Å²) in [6, 6.07) is 10.3. The predicted molar refractivity (Wildman–Crippen MR) is 132 cm³/mol. The summed E-state index contributed by atoms with van der Waals surface area (Å²) in [6.45, 7) is 8.11. The molecule has 34 heavy (non-hydrogen) atoms. The molecule has 0 aliphatic carbocycles. The van der Waals surface area contributed by atoms with Gasteiger partial charge >= 0.3 is 0 Å². The topological polar surface area (TPSA) is 81.0 Å². The second-order valence-corrected chi connectivity index (χ2v) is 10.6. The van der Waals surface area contributed by atoms with Crippen molar-refractivity contribution in [3.05, 3.63) is 58.6 Å². The Bertz CT molecular complexity index is 1290. The summed E-state index contributed by atoms with van der Waals surface area (Å²) < 4.78 is 49.1. The number of carbonyl (C=O) groups is 1. The molecule has 1 aromatic heterocycles. The van der Waals surface area contributed by atoms with E-state index >= 15 is 0 Å². The molecule has 7 nitrogen and oxygen atoms in total. The van der Waals surface area contributed by atoms with Crippen LogP contribution in [0.3, 0.4) is 0 Å². The molecule has 0 aliphatic heterocycles. The van der Waals surface area contributed by atoms with Crippen molar-refractivity contribution >= 4 is 37.5 Å². The summed E-state index contributed by atoms with van der Waals surface area (Å²) in [6.07, 6.45) is 1.44. The number of benzene rings is 2.